The highest BCUT2D eigenvalue weighted by molar-refractivity contribution is 5.92. The van der Waals surface area contributed by atoms with Crippen LogP contribution < -0.4 is 5.32 Å². The van der Waals surface area contributed by atoms with Gasteiger partial charge in [0.05, 0.1) is 10.3 Å². The van der Waals surface area contributed by atoms with Crippen molar-refractivity contribution >= 4 is 17.4 Å². The van der Waals surface area contributed by atoms with Crippen LogP contribution in [0.3, 0.4) is 0 Å². The number of aliphatic hydroxyl groups excluding tert-OH is 1. The summed E-state index contributed by atoms with van der Waals surface area (Å²) in [7, 11) is 0. The highest BCUT2D eigenvalue weighted by Gasteiger charge is 2.55. The Morgan fingerprint density at radius 2 is 1.96 bits per heavy atom. The standard InChI is InChI=1S/C16H20N2O7/c1-15(12(6-7-19)17-14(15)21)9-16(22,23)13(20)8-10-2-4-11(5-3-10)18(24)25/h2-5,12,19,22-23H,6-9H2,1H3,(H,17,21). The maximum Gasteiger partial charge on any atom is 0.269 e. The number of carbonyl (C=O) groups excluding carboxylic acids is 2. The van der Waals surface area contributed by atoms with Crippen LogP contribution in [0.25, 0.3) is 0 Å². The van der Waals surface area contributed by atoms with E-state index in [0.29, 0.717) is 5.56 Å². The second kappa shape index (κ2) is 6.87. The number of aliphatic hydroxyl groups is 3. The Hall–Kier alpha value is -2.36. The molecule has 1 aromatic carbocycles. The van der Waals surface area contributed by atoms with Gasteiger partial charge in [-0.3, -0.25) is 19.7 Å². The first kappa shape index (κ1) is 19.0. The number of nitro benzene ring substituents is 1. The molecule has 2 atom stereocenters. The fourth-order valence-corrected chi connectivity index (χ4v) is 2.96. The maximum atomic E-state index is 12.2. The molecule has 9 heteroatoms. The Morgan fingerprint density at radius 1 is 1.36 bits per heavy atom. The van der Waals surface area contributed by atoms with Crippen LogP contribution in [-0.4, -0.2) is 50.4 Å². The number of β-lactam (4-membered cyclic amide) rings is 1. The van der Waals surface area contributed by atoms with E-state index in [1.54, 1.807) is 0 Å². The summed E-state index contributed by atoms with van der Waals surface area (Å²) in [6.07, 6.45) is -0.593. The molecule has 1 fully saturated rings. The first-order valence-electron chi connectivity index (χ1n) is 7.73. The van der Waals surface area contributed by atoms with Crippen LogP contribution in [0.15, 0.2) is 24.3 Å². The van der Waals surface area contributed by atoms with Crippen LogP contribution in [0.4, 0.5) is 5.69 Å². The molecule has 0 radical (unpaired) electrons. The number of amides is 1. The monoisotopic (exact) mass is 352 g/mol. The van der Waals surface area contributed by atoms with Crippen molar-refractivity contribution in [2.24, 2.45) is 5.41 Å². The minimum absolute atomic E-state index is 0.138. The van der Waals surface area contributed by atoms with Gasteiger partial charge in [0.15, 0.2) is 5.78 Å². The second-order valence-corrected chi connectivity index (χ2v) is 6.47. The van der Waals surface area contributed by atoms with Gasteiger partial charge in [-0.25, -0.2) is 0 Å². The average Bonchev–Trinajstić information content (AvgIpc) is 2.54. The third-order valence-electron chi connectivity index (χ3n) is 4.58. The van der Waals surface area contributed by atoms with Crippen molar-refractivity contribution in [3.05, 3.63) is 39.9 Å². The van der Waals surface area contributed by atoms with E-state index in [4.69, 9.17) is 5.11 Å². The van der Waals surface area contributed by atoms with Gasteiger partial charge in [0.25, 0.3) is 5.69 Å². The summed E-state index contributed by atoms with van der Waals surface area (Å²) in [5, 5.41) is 42.5. The molecule has 2 rings (SSSR count). The van der Waals surface area contributed by atoms with Crippen LogP contribution in [0.1, 0.15) is 25.3 Å². The number of hydrogen-bond acceptors (Lipinski definition) is 7. The fraction of sp³-hybridized carbons (Fsp3) is 0.500. The van der Waals surface area contributed by atoms with E-state index in [1.165, 1.54) is 31.2 Å². The molecule has 0 spiro atoms. The van der Waals surface area contributed by atoms with E-state index >= 15 is 0 Å². The van der Waals surface area contributed by atoms with Gasteiger partial charge in [-0.05, 0) is 18.9 Å². The number of rotatable bonds is 8. The maximum absolute atomic E-state index is 12.2. The summed E-state index contributed by atoms with van der Waals surface area (Å²) in [5.74, 6) is -4.05. The van der Waals surface area contributed by atoms with Gasteiger partial charge in [-0.15, -0.1) is 0 Å². The Kier molecular flexibility index (Phi) is 5.21. The van der Waals surface area contributed by atoms with Crippen LogP contribution >= 0.6 is 0 Å². The minimum atomic E-state index is -2.72. The zero-order chi connectivity index (χ0) is 18.8. The number of nitrogens with one attached hydrogen (secondary N) is 1. The van der Waals surface area contributed by atoms with E-state index in [0.717, 1.165) is 0 Å². The van der Waals surface area contributed by atoms with Crippen molar-refractivity contribution in [2.75, 3.05) is 6.61 Å². The number of nitro groups is 1. The molecule has 4 N–H and O–H groups in total. The molecule has 9 nitrogen and oxygen atoms in total. The number of ketones is 1. The Bertz CT molecular complexity index is 686. The lowest BCUT2D eigenvalue weighted by atomic mass is 9.68. The summed E-state index contributed by atoms with van der Waals surface area (Å²) in [4.78, 5) is 34.1. The predicted octanol–water partition coefficient (Wildman–Crippen LogP) is -0.336. The molecule has 1 aromatic rings. The first-order valence-corrected chi connectivity index (χ1v) is 7.73. The third-order valence-corrected chi connectivity index (χ3v) is 4.58. The lowest BCUT2D eigenvalue weighted by Gasteiger charge is -2.48. The number of benzene rings is 1. The number of Topliss-reactive ketones (excluding diaryl/α,β-unsaturated/α-hetero) is 1. The van der Waals surface area contributed by atoms with Crippen molar-refractivity contribution < 1.29 is 29.8 Å². The number of non-ortho nitro benzene ring substituents is 1. The van der Waals surface area contributed by atoms with Crippen LogP contribution in [0.2, 0.25) is 0 Å². The molecule has 1 heterocycles. The molecular formula is C16H20N2O7. The minimum Gasteiger partial charge on any atom is -0.396 e. The summed E-state index contributed by atoms with van der Waals surface area (Å²) >= 11 is 0. The lowest BCUT2D eigenvalue weighted by molar-refractivity contribution is -0.384. The van der Waals surface area contributed by atoms with Crippen molar-refractivity contribution in [3.8, 4) is 0 Å². The van der Waals surface area contributed by atoms with E-state index in [9.17, 15) is 29.9 Å². The number of carbonyl (C=O) groups is 2. The quantitative estimate of drug-likeness (QED) is 0.216. The lowest BCUT2D eigenvalue weighted by Crippen LogP contribution is -2.68. The van der Waals surface area contributed by atoms with E-state index < -0.39 is 40.3 Å². The van der Waals surface area contributed by atoms with Gasteiger partial charge in [0.2, 0.25) is 11.7 Å². The number of nitrogens with zero attached hydrogens (tertiary/aromatic N) is 1. The van der Waals surface area contributed by atoms with Crippen LogP contribution in [0.5, 0.6) is 0 Å². The molecule has 0 saturated carbocycles. The van der Waals surface area contributed by atoms with E-state index in [1.807, 2.05) is 0 Å². The highest BCUT2D eigenvalue weighted by atomic mass is 16.6. The van der Waals surface area contributed by atoms with Crippen molar-refractivity contribution in [3.63, 3.8) is 0 Å². The molecule has 1 aliphatic rings. The Balaban J connectivity index is 2.06. The molecule has 25 heavy (non-hydrogen) atoms. The van der Waals surface area contributed by atoms with Gasteiger partial charge in [0.1, 0.15) is 0 Å². The molecule has 0 aliphatic carbocycles. The summed E-state index contributed by atoms with van der Waals surface area (Å²) in [5.41, 5.74) is -0.920. The molecule has 1 aliphatic heterocycles. The van der Waals surface area contributed by atoms with Crippen molar-refractivity contribution in [2.45, 2.75) is 38.0 Å². The summed E-state index contributed by atoms with van der Waals surface area (Å²) in [6, 6.07) is 4.71. The molecular weight excluding hydrogens is 332 g/mol. The highest BCUT2D eigenvalue weighted by Crippen LogP contribution is 2.39. The van der Waals surface area contributed by atoms with Gasteiger partial charge in [-0.1, -0.05) is 12.1 Å². The average molecular weight is 352 g/mol. The smallest absolute Gasteiger partial charge is 0.269 e. The molecule has 0 aromatic heterocycles. The van der Waals surface area contributed by atoms with E-state index in [2.05, 4.69) is 5.32 Å². The predicted molar refractivity (Wildman–Crippen MR) is 85.3 cm³/mol. The summed E-state index contributed by atoms with van der Waals surface area (Å²) in [6.45, 7) is 1.33. The van der Waals surface area contributed by atoms with Gasteiger partial charge in [0, 0.05) is 37.6 Å². The fourth-order valence-electron chi connectivity index (χ4n) is 2.96. The summed E-state index contributed by atoms with van der Waals surface area (Å²) < 4.78 is 0. The number of hydrogen-bond donors (Lipinski definition) is 4. The van der Waals surface area contributed by atoms with Gasteiger partial charge in [-0.2, -0.15) is 0 Å². The Morgan fingerprint density at radius 3 is 2.44 bits per heavy atom. The largest absolute Gasteiger partial charge is 0.396 e. The molecule has 1 saturated heterocycles. The zero-order valence-electron chi connectivity index (χ0n) is 13.6. The van der Waals surface area contributed by atoms with Gasteiger partial charge < -0.3 is 20.6 Å². The molecule has 2 unspecified atom stereocenters. The normalized spacial score (nSPS) is 22.9. The first-order chi connectivity index (χ1) is 11.6. The van der Waals surface area contributed by atoms with Crippen molar-refractivity contribution in [1.82, 2.24) is 5.32 Å². The van der Waals surface area contributed by atoms with E-state index in [-0.39, 0.29) is 25.1 Å². The SMILES string of the molecule is CC1(CC(O)(O)C(=O)Cc2ccc([N+](=O)[O-])cc2)C(=O)NC1CCO. The third kappa shape index (κ3) is 3.84. The van der Waals surface area contributed by atoms with Crippen LogP contribution in [0, 0.1) is 15.5 Å². The Labute approximate surface area is 143 Å². The second-order valence-electron chi connectivity index (χ2n) is 6.47. The van der Waals surface area contributed by atoms with Gasteiger partial charge >= 0.3 is 0 Å². The molecule has 0 bridgehead atoms. The molecule has 1 amide bonds. The van der Waals surface area contributed by atoms with Crippen LogP contribution in [-0.2, 0) is 16.0 Å². The van der Waals surface area contributed by atoms with Crippen molar-refractivity contribution in [1.29, 1.82) is 0 Å². The zero-order valence-corrected chi connectivity index (χ0v) is 13.6. The topological polar surface area (TPSA) is 150 Å². The molecule has 136 valence electrons.